The van der Waals surface area contributed by atoms with E-state index in [1.165, 1.54) is 0 Å². The fourth-order valence-corrected chi connectivity index (χ4v) is 8.20. The zero-order valence-electron chi connectivity index (χ0n) is 45.5. The largest absolute Gasteiger partial charge is 0.508 e. The van der Waals surface area contributed by atoms with E-state index in [9.17, 15) is 0 Å². The minimum Gasteiger partial charge on any atom is -0.508 e. The smallest absolute Gasteiger partial charge is 0.162 e. The number of pyridine rings is 1. The van der Waals surface area contributed by atoms with Gasteiger partial charge in [-0.05, 0) is 52.7 Å². The van der Waals surface area contributed by atoms with Crippen LogP contribution in [0.2, 0.25) is 0 Å². The van der Waals surface area contributed by atoms with Crippen molar-refractivity contribution >= 4 is 33.2 Å². The summed E-state index contributed by atoms with van der Waals surface area (Å²) in [6.07, 6.45) is 5.09. The van der Waals surface area contributed by atoms with Crippen LogP contribution in [-0.4, -0.2) is 24.5 Å². The van der Waals surface area contributed by atoms with Crippen LogP contribution in [0.5, 0.6) is 11.5 Å². The van der Waals surface area contributed by atoms with Gasteiger partial charge in [-0.1, -0.05) is 169 Å². The quantitative estimate of drug-likeness (QED) is 0.126. The minimum absolute atomic E-state index is 0. The molecule has 0 atom stereocenters. The van der Waals surface area contributed by atoms with Crippen molar-refractivity contribution in [3.8, 4) is 73.7 Å². The molecule has 0 bridgehead atoms. The molecule has 0 amide bonds. The molecule has 0 spiro atoms. The average molecular weight is 1070 g/mol. The second-order valence-electron chi connectivity index (χ2n) is 15.3. The van der Waals surface area contributed by atoms with Crippen LogP contribution in [0.15, 0.2) is 225 Å². The SMILES string of the molecule is [2H]c1c([2H])c([2H])c(-c2cccc(-c3c([2H])c([2H])c([2H])c([2H])c3[2H])c2N2C=CN(c3[c-]c(Oc4[c-]c5c(cc4-c4nc(-c6ccccc6)nc(-c6ccccc6)n4)c4ccccc4n5-c4ccccn4)ccc3)[CH-]2)c([2H])c1[2H].[Pt]. The molecule has 1 aliphatic heterocycles. The van der Waals surface area contributed by atoms with Gasteiger partial charge in [0.05, 0.1) is 13.7 Å². The van der Waals surface area contributed by atoms with E-state index in [1.807, 2.05) is 114 Å². The number of ether oxygens (including phenoxy) is 1. The summed E-state index contributed by atoms with van der Waals surface area (Å²) in [5, 5.41) is 1.79. The van der Waals surface area contributed by atoms with Crippen molar-refractivity contribution in [2.24, 2.45) is 0 Å². The predicted molar refractivity (Wildman–Crippen MR) is 268 cm³/mol. The molecule has 0 radical (unpaired) electrons. The van der Waals surface area contributed by atoms with Gasteiger partial charge in [0.25, 0.3) is 0 Å². The van der Waals surface area contributed by atoms with E-state index in [4.69, 9.17) is 38.4 Å². The third kappa shape index (κ3) is 8.01. The van der Waals surface area contributed by atoms with Crippen LogP contribution in [0.25, 0.3) is 84.0 Å². The molecule has 0 unspecified atom stereocenters. The molecule has 68 heavy (non-hydrogen) atoms. The van der Waals surface area contributed by atoms with Crippen molar-refractivity contribution in [3.05, 3.63) is 243 Å². The molecule has 0 N–H and O–H groups in total. The number of hydrogen-bond acceptors (Lipinski definition) is 7. The first-order valence-corrected chi connectivity index (χ1v) is 21.2. The first-order chi connectivity index (χ1) is 37.4. The van der Waals surface area contributed by atoms with Gasteiger partial charge in [-0.2, -0.15) is 6.07 Å². The number of hydrogen-bond donors (Lipinski definition) is 0. The maximum absolute atomic E-state index is 8.96. The number of rotatable bonds is 10. The zero-order chi connectivity index (χ0) is 53.2. The van der Waals surface area contributed by atoms with Crippen LogP contribution in [0.1, 0.15) is 13.7 Å². The molecule has 328 valence electrons. The Labute approximate surface area is 422 Å². The van der Waals surface area contributed by atoms with E-state index in [0.717, 1.165) is 27.4 Å². The Morgan fingerprint density at radius 3 is 1.78 bits per heavy atom. The minimum atomic E-state index is -0.578. The van der Waals surface area contributed by atoms with Crippen LogP contribution in [0, 0.1) is 18.8 Å². The summed E-state index contributed by atoms with van der Waals surface area (Å²) < 4.78 is 95.5. The fraction of sp³-hybridized carbons (Fsp3) is 0. The Morgan fingerprint density at radius 2 is 1.12 bits per heavy atom. The predicted octanol–water partition coefficient (Wildman–Crippen LogP) is 14.0. The van der Waals surface area contributed by atoms with E-state index in [1.54, 1.807) is 71.5 Å². The Bertz CT molecular complexity index is 4000. The molecule has 4 heterocycles. The number of benzene rings is 8. The molecule has 0 saturated carbocycles. The van der Waals surface area contributed by atoms with Gasteiger partial charge >= 0.3 is 0 Å². The van der Waals surface area contributed by atoms with Gasteiger partial charge in [0.2, 0.25) is 0 Å². The van der Waals surface area contributed by atoms with Crippen molar-refractivity contribution in [1.29, 1.82) is 0 Å². The molecule has 1 aliphatic rings. The van der Waals surface area contributed by atoms with Crippen molar-refractivity contribution in [2.45, 2.75) is 0 Å². The molecule has 8 nitrogen and oxygen atoms in total. The first kappa shape index (κ1) is 32.3. The molecular weight excluding hydrogens is 1020 g/mol. The fourth-order valence-electron chi connectivity index (χ4n) is 8.20. The number of nitrogens with zero attached hydrogens (tertiary/aromatic N) is 7. The summed E-state index contributed by atoms with van der Waals surface area (Å²) in [6, 6.07) is 46.8. The van der Waals surface area contributed by atoms with Gasteiger partial charge in [-0.3, -0.25) is 0 Å². The van der Waals surface area contributed by atoms with Crippen LogP contribution in [0.3, 0.4) is 0 Å². The number of para-hydroxylation sites is 2. The molecule has 0 fully saturated rings. The zero-order valence-corrected chi connectivity index (χ0v) is 37.8. The molecule has 3 aromatic heterocycles. The van der Waals surface area contributed by atoms with E-state index in [0.29, 0.717) is 40.1 Å². The topological polar surface area (TPSA) is 72.2 Å². The van der Waals surface area contributed by atoms with Crippen LogP contribution in [0.4, 0.5) is 11.4 Å². The van der Waals surface area contributed by atoms with Crippen molar-refractivity contribution in [3.63, 3.8) is 0 Å². The molecule has 0 saturated heterocycles. The summed E-state index contributed by atoms with van der Waals surface area (Å²) >= 11 is 0. The van der Waals surface area contributed by atoms with Crippen LogP contribution < -0.4 is 14.5 Å². The first-order valence-electron chi connectivity index (χ1n) is 26.2. The van der Waals surface area contributed by atoms with Gasteiger partial charge in [-0.15, -0.1) is 48.1 Å². The molecule has 8 aromatic carbocycles. The van der Waals surface area contributed by atoms with Gasteiger partial charge in [0.15, 0.2) is 11.6 Å². The van der Waals surface area contributed by atoms with E-state index < -0.39 is 60.4 Å². The van der Waals surface area contributed by atoms with E-state index in [-0.39, 0.29) is 60.5 Å². The van der Waals surface area contributed by atoms with Crippen LogP contribution >= 0.6 is 0 Å². The molecule has 9 heteroatoms. The third-order valence-electron chi connectivity index (χ3n) is 11.2. The molecule has 11 aromatic rings. The summed E-state index contributed by atoms with van der Waals surface area (Å²) in [6.45, 7) is 1.65. The summed E-state index contributed by atoms with van der Waals surface area (Å²) in [4.78, 5) is 23.2. The second-order valence-corrected chi connectivity index (χ2v) is 15.3. The summed E-state index contributed by atoms with van der Waals surface area (Å²) in [5.74, 6) is 2.45. The molecule has 12 rings (SSSR count). The standard InChI is InChI=1S/C59H38N7O.Pt/c1-5-19-41(20-6-1)47-30-18-31-48(42-21-7-2-8-22-42)56(47)65-36-35-64(40-65)45-27-17-28-46(37-45)67-54-39-53-50(49-29-13-14-32-52(49)66(53)55-33-15-16-34-60-55)38-51(54)59-62-57(43-23-9-3-10-24-43)61-58(63-59)44-25-11-4-12-26-44;/h1-36,38,40H;/q-3;/i1D,2D,5D,6D,7D,8D,19D,20D,21D,22D;. The van der Waals surface area contributed by atoms with Gasteiger partial charge in [0, 0.05) is 72.2 Å². The van der Waals surface area contributed by atoms with E-state index in [2.05, 4.69) is 12.1 Å². The Hall–Kier alpha value is -8.45. The van der Waals surface area contributed by atoms with Gasteiger partial charge in [-0.25, -0.2) is 19.9 Å². The maximum Gasteiger partial charge on any atom is 0.162 e. The number of fused-ring (bicyclic) bond motifs is 3. The molecule has 0 aliphatic carbocycles. The van der Waals surface area contributed by atoms with Gasteiger partial charge < -0.3 is 19.1 Å². The average Bonchev–Trinajstić information content (AvgIpc) is 4.30. The number of anilines is 2. The normalized spacial score (nSPS) is 14.2. The maximum atomic E-state index is 8.96. The Kier molecular flexibility index (Phi) is 8.75. The van der Waals surface area contributed by atoms with Crippen molar-refractivity contribution in [2.75, 3.05) is 9.80 Å². The second kappa shape index (κ2) is 18.4. The monoisotopic (exact) mass is 1070 g/mol. The summed E-state index contributed by atoms with van der Waals surface area (Å²) in [5.41, 5.74) is 4.35. The van der Waals surface area contributed by atoms with Crippen molar-refractivity contribution in [1.82, 2.24) is 24.5 Å². The van der Waals surface area contributed by atoms with Gasteiger partial charge in [0.1, 0.15) is 11.6 Å². The van der Waals surface area contributed by atoms with E-state index >= 15 is 0 Å². The Morgan fingerprint density at radius 1 is 0.515 bits per heavy atom. The molecular formula is C59H38N7OPt-3. The van der Waals surface area contributed by atoms with Crippen LogP contribution in [-0.2, 0) is 21.1 Å². The third-order valence-corrected chi connectivity index (χ3v) is 11.2. The Balaban J connectivity index is 0.00000645. The summed E-state index contributed by atoms with van der Waals surface area (Å²) in [7, 11) is 0. The van der Waals surface area contributed by atoms with Crippen molar-refractivity contribution < 1.29 is 39.5 Å². The number of aromatic nitrogens is 5.